The SMILES string of the molecule is c1ccc(C2Nc3cc(N(c4ccc5c(c4)C(c4ccccc4)(c4ccccc4)c4ccccc4-5)c4ccc5c(c4)oc4ccccc45)ccc3S2)cc1. The second kappa shape index (κ2) is 12.3. The van der Waals surface area contributed by atoms with Crippen LogP contribution >= 0.6 is 11.8 Å². The van der Waals surface area contributed by atoms with Crippen molar-refractivity contribution in [1.29, 1.82) is 0 Å². The smallest absolute Gasteiger partial charge is 0.137 e. The minimum atomic E-state index is -0.502. The van der Waals surface area contributed by atoms with Crippen LogP contribution in [0.15, 0.2) is 203 Å². The van der Waals surface area contributed by atoms with E-state index in [-0.39, 0.29) is 5.37 Å². The Labute approximate surface area is 318 Å². The Kier molecular flexibility index (Phi) is 7.08. The second-order valence-corrected chi connectivity index (χ2v) is 15.3. The van der Waals surface area contributed by atoms with Gasteiger partial charge in [0.2, 0.25) is 0 Å². The van der Waals surface area contributed by atoms with E-state index in [4.69, 9.17) is 4.42 Å². The maximum Gasteiger partial charge on any atom is 0.137 e. The first-order valence-electron chi connectivity index (χ1n) is 18.4. The number of nitrogens with one attached hydrogen (secondary N) is 1. The third-order valence-electron chi connectivity index (χ3n) is 11.2. The lowest BCUT2D eigenvalue weighted by atomic mass is 9.67. The van der Waals surface area contributed by atoms with Crippen molar-refractivity contribution in [3.8, 4) is 11.1 Å². The molecular weight excluding hydrogens is 677 g/mol. The van der Waals surface area contributed by atoms with E-state index >= 15 is 0 Å². The summed E-state index contributed by atoms with van der Waals surface area (Å²) in [6, 6.07) is 70.4. The van der Waals surface area contributed by atoms with Crippen LogP contribution in [0.4, 0.5) is 22.7 Å². The Morgan fingerprint density at radius 3 is 1.87 bits per heavy atom. The Bertz CT molecular complexity index is 2810. The maximum absolute atomic E-state index is 6.47. The van der Waals surface area contributed by atoms with Crippen molar-refractivity contribution in [2.45, 2.75) is 15.7 Å². The number of para-hydroxylation sites is 1. The van der Waals surface area contributed by atoms with Crippen LogP contribution in [0.5, 0.6) is 0 Å². The molecule has 0 amide bonds. The molecule has 0 spiro atoms. The van der Waals surface area contributed by atoms with Gasteiger partial charge in [0.1, 0.15) is 16.5 Å². The molecule has 3 nitrogen and oxygen atoms in total. The molecule has 1 N–H and O–H groups in total. The number of furan rings is 1. The van der Waals surface area contributed by atoms with Crippen LogP contribution in [-0.4, -0.2) is 0 Å². The van der Waals surface area contributed by atoms with Gasteiger partial charge in [0.05, 0.1) is 11.1 Å². The monoisotopic (exact) mass is 710 g/mol. The van der Waals surface area contributed by atoms with Gasteiger partial charge in [0.25, 0.3) is 0 Å². The highest BCUT2D eigenvalue weighted by Gasteiger charge is 2.46. The van der Waals surface area contributed by atoms with Gasteiger partial charge in [-0.15, -0.1) is 0 Å². The highest BCUT2D eigenvalue weighted by molar-refractivity contribution is 8.00. The van der Waals surface area contributed by atoms with E-state index in [9.17, 15) is 0 Å². The average molecular weight is 711 g/mol. The van der Waals surface area contributed by atoms with Crippen molar-refractivity contribution in [1.82, 2.24) is 0 Å². The van der Waals surface area contributed by atoms with Crippen LogP contribution in [0, 0.1) is 0 Å². The van der Waals surface area contributed by atoms with E-state index in [1.807, 2.05) is 23.9 Å². The molecule has 0 fully saturated rings. The molecule has 0 radical (unpaired) electrons. The Hall–Kier alpha value is -6.49. The van der Waals surface area contributed by atoms with Crippen LogP contribution in [0.25, 0.3) is 33.1 Å². The van der Waals surface area contributed by atoms with E-state index < -0.39 is 5.41 Å². The van der Waals surface area contributed by atoms with Gasteiger partial charge in [-0.2, -0.15) is 0 Å². The normalized spacial score (nSPS) is 15.1. The van der Waals surface area contributed by atoms with Crippen molar-refractivity contribution in [3.63, 3.8) is 0 Å². The van der Waals surface area contributed by atoms with E-state index in [0.29, 0.717) is 0 Å². The zero-order valence-corrected chi connectivity index (χ0v) is 30.1. The molecule has 11 rings (SSSR count). The molecule has 2 aliphatic rings. The molecule has 1 aliphatic heterocycles. The fourth-order valence-electron chi connectivity index (χ4n) is 8.82. The molecule has 0 saturated carbocycles. The number of anilines is 4. The van der Waals surface area contributed by atoms with E-state index in [1.165, 1.54) is 43.8 Å². The molecule has 54 heavy (non-hydrogen) atoms. The molecule has 1 atom stereocenters. The second-order valence-electron chi connectivity index (χ2n) is 14.1. The van der Waals surface area contributed by atoms with Crippen molar-refractivity contribution < 1.29 is 4.42 Å². The molecule has 0 bridgehead atoms. The van der Waals surface area contributed by atoms with Crippen molar-refractivity contribution in [2.24, 2.45) is 0 Å². The summed E-state index contributed by atoms with van der Waals surface area (Å²) in [4.78, 5) is 3.64. The highest BCUT2D eigenvalue weighted by atomic mass is 32.2. The molecular formula is C50H34N2OS. The third kappa shape index (κ3) is 4.70. The zero-order valence-electron chi connectivity index (χ0n) is 29.3. The van der Waals surface area contributed by atoms with Gasteiger partial charge in [0, 0.05) is 38.8 Å². The number of nitrogens with zero attached hydrogens (tertiary/aromatic N) is 1. The molecule has 256 valence electrons. The fourth-order valence-corrected chi connectivity index (χ4v) is 9.95. The highest BCUT2D eigenvalue weighted by Crippen LogP contribution is 2.57. The number of benzene rings is 8. The molecule has 8 aromatic carbocycles. The van der Waals surface area contributed by atoms with E-state index in [0.717, 1.165) is 44.7 Å². The maximum atomic E-state index is 6.47. The fraction of sp³-hybridized carbons (Fsp3) is 0.0400. The van der Waals surface area contributed by atoms with Gasteiger partial charge in [-0.25, -0.2) is 0 Å². The molecule has 2 heterocycles. The van der Waals surface area contributed by atoms with Gasteiger partial charge in [0.15, 0.2) is 0 Å². The van der Waals surface area contributed by atoms with Crippen LogP contribution < -0.4 is 10.2 Å². The lowest BCUT2D eigenvalue weighted by Gasteiger charge is -2.35. The minimum Gasteiger partial charge on any atom is -0.456 e. The first-order chi connectivity index (χ1) is 26.8. The summed E-state index contributed by atoms with van der Waals surface area (Å²) in [6.45, 7) is 0. The van der Waals surface area contributed by atoms with Gasteiger partial charge >= 0.3 is 0 Å². The topological polar surface area (TPSA) is 28.4 Å². The number of hydrogen-bond acceptors (Lipinski definition) is 4. The van der Waals surface area contributed by atoms with Gasteiger partial charge in [-0.05, 0) is 87.5 Å². The number of thioether (sulfide) groups is 1. The molecule has 0 saturated heterocycles. The van der Waals surface area contributed by atoms with Crippen LogP contribution in [0.3, 0.4) is 0 Å². The summed E-state index contributed by atoms with van der Waals surface area (Å²) in [6.07, 6.45) is 0. The summed E-state index contributed by atoms with van der Waals surface area (Å²) in [7, 11) is 0. The van der Waals surface area contributed by atoms with Crippen LogP contribution in [0.2, 0.25) is 0 Å². The number of rotatable bonds is 6. The summed E-state index contributed by atoms with van der Waals surface area (Å²) >= 11 is 1.87. The number of hydrogen-bond donors (Lipinski definition) is 1. The lowest BCUT2D eigenvalue weighted by Crippen LogP contribution is -2.28. The largest absolute Gasteiger partial charge is 0.456 e. The molecule has 1 aromatic heterocycles. The lowest BCUT2D eigenvalue weighted by molar-refractivity contribution is 0.669. The zero-order chi connectivity index (χ0) is 35.6. The first kappa shape index (κ1) is 31.1. The number of fused-ring (bicyclic) bond motifs is 7. The minimum absolute atomic E-state index is 0.160. The molecule has 1 unspecified atom stereocenters. The van der Waals surface area contributed by atoms with Gasteiger partial charge in [-0.3, -0.25) is 0 Å². The van der Waals surface area contributed by atoms with Crippen LogP contribution in [-0.2, 0) is 5.41 Å². The Morgan fingerprint density at radius 2 is 1.07 bits per heavy atom. The van der Waals surface area contributed by atoms with Gasteiger partial charge in [-0.1, -0.05) is 151 Å². The predicted octanol–water partition coefficient (Wildman–Crippen LogP) is 13.6. The quantitative estimate of drug-likeness (QED) is 0.186. The summed E-state index contributed by atoms with van der Waals surface area (Å²) in [5.41, 5.74) is 14.5. The standard InChI is InChI=1S/C50H34N2OS/c1-4-14-33(15-5-1)49-51-45-31-37(26-29-48(45)54-49)52(38-25-28-42-41-21-11-13-23-46(41)53-47(42)32-38)36-24-27-40-39-20-10-12-22-43(39)50(44(40)30-36,34-16-6-2-7-17-34)35-18-8-3-9-19-35/h1-32,49,51H. The van der Waals surface area contributed by atoms with Crippen molar-refractivity contribution in [2.75, 3.05) is 10.2 Å². The molecule has 4 heteroatoms. The summed E-state index contributed by atoms with van der Waals surface area (Å²) in [5.74, 6) is 0. The molecule has 1 aliphatic carbocycles. The van der Waals surface area contributed by atoms with E-state index in [1.54, 1.807) is 0 Å². The van der Waals surface area contributed by atoms with Crippen LogP contribution in [0.1, 0.15) is 33.2 Å². The van der Waals surface area contributed by atoms with Crippen molar-refractivity contribution >= 4 is 56.4 Å². The average Bonchev–Trinajstić information content (AvgIpc) is 3.92. The third-order valence-corrected chi connectivity index (χ3v) is 12.4. The molecule has 9 aromatic rings. The van der Waals surface area contributed by atoms with E-state index in [2.05, 4.69) is 192 Å². The first-order valence-corrected chi connectivity index (χ1v) is 19.3. The van der Waals surface area contributed by atoms with Crippen molar-refractivity contribution in [3.05, 3.63) is 222 Å². The summed E-state index contributed by atoms with van der Waals surface area (Å²) in [5, 5.41) is 6.22. The predicted molar refractivity (Wildman–Crippen MR) is 224 cm³/mol. The summed E-state index contributed by atoms with van der Waals surface area (Å²) < 4.78 is 6.47. The Balaban J connectivity index is 1.13. The Morgan fingerprint density at radius 1 is 0.481 bits per heavy atom. The van der Waals surface area contributed by atoms with Gasteiger partial charge < -0.3 is 14.6 Å².